The number of rotatable bonds is 5. The van der Waals surface area contributed by atoms with Gasteiger partial charge < -0.3 is 15.4 Å². The predicted molar refractivity (Wildman–Crippen MR) is 95.6 cm³/mol. The molecule has 3 rings (SSSR count). The van der Waals surface area contributed by atoms with Crippen LogP contribution in [-0.2, 0) is 9.53 Å². The molecule has 0 radical (unpaired) electrons. The van der Waals surface area contributed by atoms with Crippen molar-refractivity contribution in [3.8, 4) is 0 Å². The molecule has 1 unspecified atom stereocenters. The Morgan fingerprint density at radius 2 is 2.00 bits per heavy atom. The summed E-state index contributed by atoms with van der Waals surface area (Å²) in [5.74, 6) is -2.32. The van der Waals surface area contributed by atoms with Crippen molar-refractivity contribution in [1.29, 1.82) is 0 Å². The molecule has 2 heterocycles. The molecule has 2 fully saturated rings. The van der Waals surface area contributed by atoms with E-state index in [1.54, 1.807) is 0 Å². The zero-order chi connectivity index (χ0) is 20.4. The van der Waals surface area contributed by atoms with Crippen LogP contribution < -0.4 is 15.5 Å². The lowest BCUT2D eigenvalue weighted by molar-refractivity contribution is -0.122. The second-order valence-corrected chi connectivity index (χ2v) is 6.96. The molecule has 28 heavy (non-hydrogen) atoms. The number of cyclic esters (lactones) is 1. The first kappa shape index (κ1) is 20.3. The number of hydrogen-bond donors (Lipinski definition) is 2. The number of anilines is 1. The maximum absolute atomic E-state index is 14.6. The van der Waals surface area contributed by atoms with Gasteiger partial charge in [0.2, 0.25) is 5.91 Å². The lowest BCUT2D eigenvalue weighted by Crippen LogP contribution is -2.36. The van der Waals surface area contributed by atoms with E-state index in [4.69, 9.17) is 4.74 Å². The summed E-state index contributed by atoms with van der Waals surface area (Å²) < 4.78 is 58.9. The molecule has 0 saturated carbocycles. The third-order valence-corrected chi connectivity index (χ3v) is 4.95. The fourth-order valence-corrected chi connectivity index (χ4v) is 3.31. The van der Waals surface area contributed by atoms with Gasteiger partial charge in [-0.15, -0.1) is 0 Å². The van der Waals surface area contributed by atoms with Crippen molar-refractivity contribution in [3.05, 3.63) is 29.3 Å². The first-order chi connectivity index (χ1) is 13.3. The quantitative estimate of drug-likeness (QED) is 0.567. The van der Waals surface area contributed by atoms with Gasteiger partial charge in [-0.2, -0.15) is 0 Å². The SMILES string of the molecule is O=C1CCC(c2c(F)cc(N3C[C@H](CNC(=S)C(F)F)OC3=O)cc2F)CN1. The van der Waals surface area contributed by atoms with E-state index < -0.39 is 41.2 Å². The Kier molecular flexibility index (Phi) is 6.01. The van der Waals surface area contributed by atoms with Gasteiger partial charge in [0.15, 0.2) is 0 Å². The van der Waals surface area contributed by atoms with Crippen LogP contribution in [0.5, 0.6) is 0 Å². The van der Waals surface area contributed by atoms with Crippen molar-refractivity contribution in [2.75, 3.05) is 24.5 Å². The number of nitrogens with zero attached hydrogens (tertiary/aromatic N) is 1. The van der Waals surface area contributed by atoms with Crippen molar-refractivity contribution < 1.29 is 31.9 Å². The predicted octanol–water partition coefficient (Wildman–Crippen LogP) is 2.47. The first-order valence-electron chi connectivity index (χ1n) is 8.56. The average Bonchev–Trinajstić information content (AvgIpc) is 3.01. The molecule has 1 aromatic rings. The molecule has 152 valence electrons. The Labute approximate surface area is 163 Å². The van der Waals surface area contributed by atoms with E-state index in [2.05, 4.69) is 22.9 Å². The average molecular weight is 419 g/mol. The zero-order valence-electron chi connectivity index (χ0n) is 14.5. The highest BCUT2D eigenvalue weighted by molar-refractivity contribution is 7.80. The fourth-order valence-electron chi connectivity index (χ4n) is 3.23. The Bertz CT molecular complexity index is 775. The summed E-state index contributed by atoms with van der Waals surface area (Å²) in [6, 6.07) is 2.05. The molecule has 0 aliphatic carbocycles. The number of ether oxygens (including phenoxy) is 1. The van der Waals surface area contributed by atoms with Gasteiger partial charge in [-0.1, -0.05) is 12.2 Å². The monoisotopic (exact) mass is 419 g/mol. The first-order valence-corrected chi connectivity index (χ1v) is 8.96. The number of amides is 2. The van der Waals surface area contributed by atoms with Crippen LogP contribution in [0.15, 0.2) is 12.1 Å². The fraction of sp³-hybridized carbons (Fsp3) is 0.471. The summed E-state index contributed by atoms with van der Waals surface area (Å²) in [7, 11) is 0. The summed E-state index contributed by atoms with van der Waals surface area (Å²) in [6.45, 7) is -0.0821. The molecule has 2 amide bonds. The number of nitrogens with one attached hydrogen (secondary N) is 2. The van der Waals surface area contributed by atoms with Gasteiger partial charge >= 0.3 is 6.09 Å². The van der Waals surface area contributed by atoms with Crippen molar-refractivity contribution in [2.24, 2.45) is 0 Å². The number of carbonyl (C=O) groups is 2. The molecule has 2 saturated heterocycles. The van der Waals surface area contributed by atoms with Gasteiger partial charge in [-0.05, 0) is 18.6 Å². The van der Waals surface area contributed by atoms with E-state index in [0.717, 1.165) is 17.0 Å². The van der Waals surface area contributed by atoms with Gasteiger partial charge in [0.25, 0.3) is 6.43 Å². The van der Waals surface area contributed by atoms with Gasteiger partial charge in [0.05, 0.1) is 18.8 Å². The molecular weight excluding hydrogens is 402 g/mol. The number of alkyl halides is 2. The van der Waals surface area contributed by atoms with Gasteiger partial charge in [0, 0.05) is 24.4 Å². The molecule has 2 N–H and O–H groups in total. The van der Waals surface area contributed by atoms with Gasteiger partial charge in [-0.3, -0.25) is 9.69 Å². The molecule has 1 aromatic carbocycles. The van der Waals surface area contributed by atoms with Crippen molar-refractivity contribution in [3.63, 3.8) is 0 Å². The van der Waals surface area contributed by atoms with Crippen molar-refractivity contribution in [1.82, 2.24) is 10.6 Å². The molecule has 2 aliphatic rings. The lowest BCUT2D eigenvalue weighted by Gasteiger charge is -2.24. The maximum atomic E-state index is 14.6. The minimum atomic E-state index is -2.83. The highest BCUT2D eigenvalue weighted by Crippen LogP contribution is 2.32. The van der Waals surface area contributed by atoms with Gasteiger partial charge in [-0.25, -0.2) is 22.4 Å². The van der Waals surface area contributed by atoms with Crippen LogP contribution in [0.25, 0.3) is 0 Å². The summed E-state index contributed by atoms with van der Waals surface area (Å²) in [5, 5.41) is 4.86. The number of thiocarbonyl (C=S) groups is 1. The lowest BCUT2D eigenvalue weighted by atomic mass is 9.90. The summed E-state index contributed by atoms with van der Waals surface area (Å²) in [5.41, 5.74) is -0.181. The van der Waals surface area contributed by atoms with Crippen LogP contribution in [-0.4, -0.2) is 49.2 Å². The van der Waals surface area contributed by atoms with Crippen LogP contribution in [0.3, 0.4) is 0 Å². The second-order valence-electron chi connectivity index (χ2n) is 6.52. The minimum absolute atomic E-state index is 0.0393. The topological polar surface area (TPSA) is 70.7 Å². The summed E-state index contributed by atoms with van der Waals surface area (Å²) >= 11 is 4.44. The third kappa shape index (κ3) is 4.34. The number of piperidine rings is 1. The molecular formula is C17H17F4N3O3S. The molecule has 0 spiro atoms. The number of hydrogen-bond acceptors (Lipinski definition) is 4. The number of benzene rings is 1. The molecule has 2 aliphatic heterocycles. The smallest absolute Gasteiger partial charge is 0.414 e. The molecule has 2 atom stereocenters. The van der Waals surface area contributed by atoms with E-state index in [-0.39, 0.29) is 43.2 Å². The third-order valence-electron chi connectivity index (χ3n) is 4.63. The maximum Gasteiger partial charge on any atom is 0.414 e. The normalized spacial score (nSPS) is 22.2. The Morgan fingerprint density at radius 1 is 1.32 bits per heavy atom. The Morgan fingerprint density at radius 3 is 2.57 bits per heavy atom. The Hall–Kier alpha value is -2.43. The van der Waals surface area contributed by atoms with E-state index >= 15 is 0 Å². The van der Waals surface area contributed by atoms with Crippen LogP contribution in [0.4, 0.5) is 28.0 Å². The molecule has 6 nitrogen and oxygen atoms in total. The number of carbonyl (C=O) groups excluding carboxylic acids is 2. The summed E-state index contributed by atoms with van der Waals surface area (Å²) in [4.78, 5) is 23.6. The van der Waals surface area contributed by atoms with E-state index in [1.807, 2.05) is 0 Å². The van der Waals surface area contributed by atoms with Crippen molar-refractivity contribution >= 4 is 34.9 Å². The van der Waals surface area contributed by atoms with Crippen LogP contribution in [0, 0.1) is 11.6 Å². The highest BCUT2D eigenvalue weighted by atomic mass is 32.1. The second kappa shape index (κ2) is 8.29. The van der Waals surface area contributed by atoms with E-state index in [0.29, 0.717) is 6.42 Å². The largest absolute Gasteiger partial charge is 0.442 e. The van der Waals surface area contributed by atoms with E-state index in [9.17, 15) is 27.2 Å². The van der Waals surface area contributed by atoms with E-state index in [1.165, 1.54) is 0 Å². The van der Waals surface area contributed by atoms with Crippen LogP contribution in [0.1, 0.15) is 24.3 Å². The Balaban J connectivity index is 1.71. The standard InChI is InChI=1S/C17H17F4N3O3S/c18-11-3-9(4-12(19)14(11)8-1-2-13(25)22-5-8)24-7-10(27-17(24)26)6-23-16(28)15(20)21/h3-4,8,10,15H,1-2,5-7H2,(H,22,25)(H,23,28)/t8?,10-/m0/s1. The zero-order valence-corrected chi connectivity index (χ0v) is 15.3. The molecule has 0 aromatic heterocycles. The number of halogens is 4. The summed E-state index contributed by atoms with van der Waals surface area (Å²) in [6.07, 6.45) is -3.97. The van der Waals surface area contributed by atoms with Crippen molar-refractivity contribution in [2.45, 2.75) is 31.3 Å². The minimum Gasteiger partial charge on any atom is -0.442 e. The molecule has 0 bridgehead atoms. The van der Waals surface area contributed by atoms with Gasteiger partial charge in [0.1, 0.15) is 22.7 Å². The molecule has 11 heteroatoms. The highest BCUT2D eigenvalue weighted by Gasteiger charge is 2.34. The van der Waals surface area contributed by atoms with Crippen LogP contribution >= 0.6 is 12.2 Å². The van der Waals surface area contributed by atoms with Crippen LogP contribution in [0.2, 0.25) is 0 Å².